The fraction of sp³-hybridized carbons (Fsp3) is 0.625. The van der Waals surface area contributed by atoms with E-state index in [1.807, 2.05) is 7.05 Å². The van der Waals surface area contributed by atoms with E-state index in [9.17, 15) is 0 Å². The van der Waals surface area contributed by atoms with Gasteiger partial charge in [0.25, 0.3) is 0 Å². The van der Waals surface area contributed by atoms with Crippen LogP contribution in [0.3, 0.4) is 0 Å². The van der Waals surface area contributed by atoms with Crippen molar-refractivity contribution in [1.29, 1.82) is 0 Å². The van der Waals surface area contributed by atoms with Crippen LogP contribution in [0.1, 0.15) is 31.9 Å². The molecule has 0 aromatic heterocycles. The third kappa shape index (κ3) is 4.55. The van der Waals surface area contributed by atoms with E-state index in [1.54, 1.807) is 0 Å². The molecule has 0 spiro atoms. The molecule has 1 fully saturated rings. The SMILES string of the molecule is CNC(CCN1CCOC(C)(C)C1)c1ccc(Br)cc1. The van der Waals surface area contributed by atoms with Crippen molar-refractivity contribution in [2.75, 3.05) is 33.3 Å². The number of halogens is 1. The minimum absolute atomic E-state index is 0.00893. The molecule has 1 heterocycles. The Morgan fingerprint density at radius 3 is 2.65 bits per heavy atom. The van der Waals surface area contributed by atoms with Gasteiger partial charge in [0.1, 0.15) is 0 Å². The maximum Gasteiger partial charge on any atom is 0.0753 e. The largest absolute Gasteiger partial charge is 0.373 e. The number of hydrogen-bond donors (Lipinski definition) is 1. The normalized spacial score (nSPS) is 20.8. The second-order valence-electron chi connectivity index (χ2n) is 6.07. The van der Waals surface area contributed by atoms with Gasteiger partial charge in [-0.3, -0.25) is 4.90 Å². The zero-order valence-electron chi connectivity index (χ0n) is 12.7. The zero-order valence-corrected chi connectivity index (χ0v) is 14.2. The van der Waals surface area contributed by atoms with E-state index in [2.05, 4.69) is 64.3 Å². The lowest BCUT2D eigenvalue weighted by molar-refractivity contribution is -0.0864. The Bertz CT molecular complexity index is 419. The fourth-order valence-corrected chi connectivity index (χ4v) is 3.05. The summed E-state index contributed by atoms with van der Waals surface area (Å²) in [5.74, 6) is 0. The van der Waals surface area contributed by atoms with Gasteiger partial charge in [-0.25, -0.2) is 0 Å². The summed E-state index contributed by atoms with van der Waals surface area (Å²) in [6, 6.07) is 9.01. The highest BCUT2D eigenvalue weighted by atomic mass is 79.9. The van der Waals surface area contributed by atoms with E-state index in [1.165, 1.54) is 5.56 Å². The molecular formula is C16H25BrN2O. The number of nitrogens with zero attached hydrogens (tertiary/aromatic N) is 1. The summed E-state index contributed by atoms with van der Waals surface area (Å²) >= 11 is 3.49. The van der Waals surface area contributed by atoms with Gasteiger partial charge < -0.3 is 10.1 Å². The number of nitrogens with one attached hydrogen (secondary N) is 1. The van der Waals surface area contributed by atoms with Crippen LogP contribution in [0.2, 0.25) is 0 Å². The Labute approximate surface area is 130 Å². The molecule has 20 heavy (non-hydrogen) atoms. The Morgan fingerprint density at radius 1 is 1.35 bits per heavy atom. The zero-order chi connectivity index (χ0) is 14.6. The van der Waals surface area contributed by atoms with Crippen molar-refractivity contribution in [3.63, 3.8) is 0 Å². The van der Waals surface area contributed by atoms with Crippen LogP contribution in [-0.2, 0) is 4.74 Å². The molecule has 1 aliphatic heterocycles. The molecule has 0 amide bonds. The van der Waals surface area contributed by atoms with Crippen molar-refractivity contribution in [3.8, 4) is 0 Å². The molecule has 112 valence electrons. The van der Waals surface area contributed by atoms with Crippen LogP contribution >= 0.6 is 15.9 Å². The van der Waals surface area contributed by atoms with Gasteiger partial charge in [0.2, 0.25) is 0 Å². The van der Waals surface area contributed by atoms with Crippen LogP contribution in [-0.4, -0.2) is 43.8 Å². The van der Waals surface area contributed by atoms with Crippen LogP contribution in [0, 0.1) is 0 Å². The smallest absolute Gasteiger partial charge is 0.0753 e. The summed E-state index contributed by atoms with van der Waals surface area (Å²) in [5, 5.41) is 3.42. The van der Waals surface area contributed by atoms with Crippen molar-refractivity contribution < 1.29 is 4.74 Å². The summed E-state index contributed by atoms with van der Waals surface area (Å²) in [6.07, 6.45) is 1.12. The molecule has 1 saturated heterocycles. The molecule has 1 aromatic carbocycles. The minimum Gasteiger partial charge on any atom is -0.373 e. The second-order valence-corrected chi connectivity index (χ2v) is 6.98. The summed E-state index contributed by atoms with van der Waals surface area (Å²) < 4.78 is 6.89. The van der Waals surface area contributed by atoms with E-state index in [-0.39, 0.29) is 5.60 Å². The number of morpholine rings is 1. The van der Waals surface area contributed by atoms with Crippen LogP contribution < -0.4 is 5.32 Å². The molecule has 1 aliphatic rings. The van der Waals surface area contributed by atoms with E-state index in [0.29, 0.717) is 6.04 Å². The van der Waals surface area contributed by atoms with Gasteiger partial charge in [0, 0.05) is 30.1 Å². The Balaban J connectivity index is 1.89. The lowest BCUT2D eigenvalue weighted by Gasteiger charge is -2.38. The number of hydrogen-bond acceptors (Lipinski definition) is 3. The highest BCUT2D eigenvalue weighted by Gasteiger charge is 2.27. The maximum atomic E-state index is 5.76. The fourth-order valence-electron chi connectivity index (χ4n) is 2.79. The first-order chi connectivity index (χ1) is 9.50. The molecule has 3 nitrogen and oxygen atoms in total. The van der Waals surface area contributed by atoms with Gasteiger partial charge in [0.15, 0.2) is 0 Å². The van der Waals surface area contributed by atoms with Crippen molar-refractivity contribution >= 4 is 15.9 Å². The quantitative estimate of drug-likeness (QED) is 0.890. The Morgan fingerprint density at radius 2 is 2.05 bits per heavy atom. The first-order valence-corrected chi connectivity index (χ1v) is 8.08. The van der Waals surface area contributed by atoms with Crippen molar-refractivity contribution in [2.45, 2.75) is 31.9 Å². The highest BCUT2D eigenvalue weighted by Crippen LogP contribution is 2.21. The summed E-state index contributed by atoms with van der Waals surface area (Å²) in [6.45, 7) is 8.35. The van der Waals surface area contributed by atoms with Crippen molar-refractivity contribution in [2.24, 2.45) is 0 Å². The lowest BCUT2D eigenvalue weighted by atomic mass is 10.0. The number of rotatable bonds is 5. The van der Waals surface area contributed by atoms with E-state index >= 15 is 0 Å². The monoisotopic (exact) mass is 340 g/mol. The van der Waals surface area contributed by atoms with Gasteiger partial charge in [-0.15, -0.1) is 0 Å². The molecule has 0 aliphatic carbocycles. The van der Waals surface area contributed by atoms with Gasteiger partial charge >= 0.3 is 0 Å². The Hall–Kier alpha value is -0.420. The summed E-state index contributed by atoms with van der Waals surface area (Å²) in [4.78, 5) is 2.51. The molecule has 4 heteroatoms. The van der Waals surface area contributed by atoms with E-state index in [4.69, 9.17) is 4.74 Å². The molecule has 2 rings (SSSR count). The van der Waals surface area contributed by atoms with Crippen LogP contribution in [0.4, 0.5) is 0 Å². The average molecular weight is 341 g/mol. The number of benzene rings is 1. The molecule has 0 radical (unpaired) electrons. The van der Waals surface area contributed by atoms with Gasteiger partial charge in [-0.2, -0.15) is 0 Å². The first kappa shape index (κ1) is 16.0. The van der Waals surface area contributed by atoms with Gasteiger partial charge in [-0.05, 0) is 45.0 Å². The van der Waals surface area contributed by atoms with Crippen LogP contribution in [0.15, 0.2) is 28.7 Å². The predicted octanol–water partition coefficient (Wildman–Crippen LogP) is 3.21. The molecule has 0 bridgehead atoms. The van der Waals surface area contributed by atoms with Gasteiger partial charge in [-0.1, -0.05) is 28.1 Å². The summed E-state index contributed by atoms with van der Waals surface area (Å²) in [5.41, 5.74) is 1.34. The van der Waals surface area contributed by atoms with Crippen molar-refractivity contribution in [3.05, 3.63) is 34.3 Å². The molecule has 1 aromatic rings. The van der Waals surface area contributed by atoms with Crippen LogP contribution in [0.5, 0.6) is 0 Å². The van der Waals surface area contributed by atoms with E-state index in [0.717, 1.165) is 37.1 Å². The maximum absolute atomic E-state index is 5.76. The molecular weight excluding hydrogens is 316 g/mol. The van der Waals surface area contributed by atoms with Crippen molar-refractivity contribution in [1.82, 2.24) is 10.2 Å². The summed E-state index contributed by atoms with van der Waals surface area (Å²) in [7, 11) is 2.04. The highest BCUT2D eigenvalue weighted by molar-refractivity contribution is 9.10. The first-order valence-electron chi connectivity index (χ1n) is 7.29. The minimum atomic E-state index is -0.00893. The predicted molar refractivity (Wildman–Crippen MR) is 87.0 cm³/mol. The molecule has 1 N–H and O–H groups in total. The molecule has 1 atom stereocenters. The standard InChI is InChI=1S/C16H25BrN2O/c1-16(2)12-19(10-11-20-16)9-8-15(18-3)13-4-6-14(17)7-5-13/h4-7,15,18H,8-12H2,1-3H3. The second kappa shape index (κ2) is 7.03. The molecule has 1 unspecified atom stereocenters. The average Bonchev–Trinajstić information content (AvgIpc) is 2.40. The topological polar surface area (TPSA) is 24.5 Å². The number of ether oxygens (including phenoxy) is 1. The van der Waals surface area contributed by atoms with Crippen LogP contribution in [0.25, 0.3) is 0 Å². The third-order valence-electron chi connectivity index (χ3n) is 3.86. The lowest BCUT2D eigenvalue weighted by Crippen LogP contribution is -2.48. The molecule has 0 saturated carbocycles. The van der Waals surface area contributed by atoms with Gasteiger partial charge in [0.05, 0.1) is 12.2 Å². The Kier molecular flexibility index (Phi) is 5.61. The third-order valence-corrected chi connectivity index (χ3v) is 4.39. The van der Waals surface area contributed by atoms with E-state index < -0.39 is 0 Å².